The SMILES string of the molecule is [CH2]C[Si](C)(C)Cl. The largest absolute Gasteiger partial charge is 0.168 e. The quantitative estimate of drug-likeness (QED) is 0.369. The van der Waals surface area contributed by atoms with Crippen molar-refractivity contribution in [1.29, 1.82) is 0 Å². The van der Waals surface area contributed by atoms with E-state index >= 15 is 0 Å². The van der Waals surface area contributed by atoms with Gasteiger partial charge in [-0.3, -0.25) is 0 Å². The summed E-state index contributed by atoms with van der Waals surface area (Å²) >= 11 is 5.79. The lowest BCUT2D eigenvalue weighted by Gasteiger charge is -2.05. The Bertz CT molecular complexity index is 37.3. The molecular formula is C4H10ClSi. The predicted molar refractivity (Wildman–Crippen MR) is 33.5 cm³/mol. The molecule has 37 valence electrons. The fraction of sp³-hybridized carbons (Fsp3) is 0.750. The Morgan fingerprint density at radius 2 is 1.83 bits per heavy atom. The molecule has 0 aliphatic rings. The second-order valence-electron chi connectivity index (χ2n) is 1.97. The molecule has 0 nitrogen and oxygen atoms in total. The molecule has 0 aromatic carbocycles. The molecule has 0 aromatic rings. The van der Waals surface area contributed by atoms with E-state index < -0.39 is 7.38 Å². The highest BCUT2D eigenvalue weighted by atomic mass is 35.6. The molecule has 0 heterocycles. The molecule has 6 heavy (non-hydrogen) atoms. The Kier molecular flexibility index (Phi) is 2.15. The summed E-state index contributed by atoms with van der Waals surface area (Å²) < 4.78 is 0. The minimum absolute atomic E-state index is 0.925. The first-order chi connectivity index (χ1) is 2.56. The minimum atomic E-state index is -1.27. The molecule has 0 spiro atoms. The van der Waals surface area contributed by atoms with Crippen molar-refractivity contribution in [3.8, 4) is 0 Å². The van der Waals surface area contributed by atoms with Gasteiger partial charge in [0.25, 0.3) is 0 Å². The highest BCUT2D eigenvalue weighted by Gasteiger charge is 2.11. The fourth-order valence-corrected chi connectivity index (χ4v) is 0. The van der Waals surface area contributed by atoms with Gasteiger partial charge in [0, 0.05) is 0 Å². The van der Waals surface area contributed by atoms with Crippen LogP contribution < -0.4 is 0 Å². The third-order valence-electron chi connectivity index (χ3n) is 0.594. The molecule has 0 rings (SSSR count). The van der Waals surface area contributed by atoms with Gasteiger partial charge in [-0.05, 0) is 6.04 Å². The van der Waals surface area contributed by atoms with Gasteiger partial charge in [-0.25, -0.2) is 0 Å². The second-order valence-corrected chi connectivity index (χ2v) is 8.98. The summed E-state index contributed by atoms with van der Waals surface area (Å²) in [7, 11) is -1.27. The van der Waals surface area contributed by atoms with Crippen LogP contribution in [0.3, 0.4) is 0 Å². The Balaban J connectivity index is 3.17. The molecule has 0 N–H and O–H groups in total. The van der Waals surface area contributed by atoms with Crippen LogP contribution in [0.15, 0.2) is 0 Å². The lowest BCUT2D eigenvalue weighted by molar-refractivity contribution is 1.60. The van der Waals surface area contributed by atoms with Gasteiger partial charge in [0.05, 0.1) is 0 Å². The summed E-state index contributed by atoms with van der Waals surface area (Å²) in [5, 5.41) is 0. The molecule has 0 unspecified atom stereocenters. The maximum absolute atomic E-state index is 5.79. The number of halogens is 1. The van der Waals surface area contributed by atoms with Gasteiger partial charge in [-0.15, -0.1) is 0 Å². The van der Waals surface area contributed by atoms with Crippen molar-refractivity contribution in [2.24, 2.45) is 0 Å². The van der Waals surface area contributed by atoms with Gasteiger partial charge < -0.3 is 0 Å². The van der Waals surface area contributed by atoms with Crippen LogP contribution in [-0.2, 0) is 0 Å². The van der Waals surface area contributed by atoms with E-state index in [1.165, 1.54) is 0 Å². The van der Waals surface area contributed by atoms with Crippen LogP contribution in [0.2, 0.25) is 19.1 Å². The molecule has 1 radical (unpaired) electrons. The number of hydrogen-bond donors (Lipinski definition) is 0. The lowest BCUT2D eigenvalue weighted by Crippen LogP contribution is -2.12. The molecule has 0 aromatic heterocycles. The minimum Gasteiger partial charge on any atom is -0.168 e. The Morgan fingerprint density at radius 1 is 1.67 bits per heavy atom. The van der Waals surface area contributed by atoms with Crippen LogP contribution in [0.4, 0.5) is 0 Å². The van der Waals surface area contributed by atoms with Gasteiger partial charge in [-0.2, -0.15) is 11.1 Å². The van der Waals surface area contributed by atoms with Gasteiger partial charge in [0.2, 0.25) is 0 Å². The summed E-state index contributed by atoms with van der Waals surface area (Å²) in [6, 6.07) is 0.925. The van der Waals surface area contributed by atoms with Crippen molar-refractivity contribution in [2.45, 2.75) is 19.1 Å². The molecule has 0 bridgehead atoms. The van der Waals surface area contributed by atoms with Crippen LogP contribution >= 0.6 is 11.1 Å². The van der Waals surface area contributed by atoms with Gasteiger partial charge in [0.1, 0.15) is 7.38 Å². The van der Waals surface area contributed by atoms with Gasteiger partial charge in [0.15, 0.2) is 0 Å². The molecule has 0 amide bonds. The third-order valence-corrected chi connectivity index (χ3v) is 2.35. The monoisotopic (exact) mass is 121 g/mol. The van der Waals surface area contributed by atoms with Crippen LogP contribution in [-0.4, -0.2) is 7.38 Å². The Morgan fingerprint density at radius 3 is 1.83 bits per heavy atom. The van der Waals surface area contributed by atoms with Crippen molar-refractivity contribution in [1.82, 2.24) is 0 Å². The molecule has 0 atom stereocenters. The smallest absolute Gasteiger partial charge is 0.150 e. The maximum atomic E-state index is 5.79. The normalized spacial score (nSPS) is 12.0. The lowest BCUT2D eigenvalue weighted by atomic mass is 11.0. The molecule has 0 aliphatic heterocycles. The molecule has 0 fully saturated rings. The molecule has 0 saturated heterocycles. The predicted octanol–water partition coefficient (Wildman–Crippen LogP) is 2.26. The highest BCUT2D eigenvalue weighted by Crippen LogP contribution is 2.11. The van der Waals surface area contributed by atoms with Gasteiger partial charge in [-0.1, -0.05) is 20.0 Å². The van der Waals surface area contributed by atoms with E-state index in [2.05, 4.69) is 20.0 Å². The second kappa shape index (κ2) is 1.98. The van der Waals surface area contributed by atoms with Crippen molar-refractivity contribution < 1.29 is 0 Å². The zero-order chi connectivity index (χ0) is 5.21. The standard InChI is InChI=1S/C4H10ClSi/c1-4-6(2,3)5/h1,4H2,2-3H3. The average molecular weight is 122 g/mol. The first-order valence-corrected chi connectivity index (χ1v) is 6.26. The number of rotatable bonds is 1. The first-order valence-electron chi connectivity index (χ1n) is 2.04. The summed E-state index contributed by atoms with van der Waals surface area (Å²) in [6.07, 6.45) is 0. The first kappa shape index (κ1) is 6.51. The van der Waals surface area contributed by atoms with E-state index in [1.807, 2.05) is 0 Å². The summed E-state index contributed by atoms with van der Waals surface area (Å²) in [5.41, 5.74) is 0. The summed E-state index contributed by atoms with van der Waals surface area (Å²) in [4.78, 5) is 0. The van der Waals surface area contributed by atoms with E-state index in [-0.39, 0.29) is 0 Å². The van der Waals surface area contributed by atoms with E-state index in [0.29, 0.717) is 0 Å². The van der Waals surface area contributed by atoms with E-state index in [0.717, 1.165) is 6.04 Å². The van der Waals surface area contributed by atoms with Crippen molar-refractivity contribution in [3.63, 3.8) is 0 Å². The molecule has 2 heteroatoms. The Hall–Kier alpha value is 0.507. The maximum Gasteiger partial charge on any atom is 0.150 e. The van der Waals surface area contributed by atoms with Crippen molar-refractivity contribution in [3.05, 3.63) is 6.92 Å². The summed E-state index contributed by atoms with van der Waals surface area (Å²) in [6.45, 7) is 7.86. The van der Waals surface area contributed by atoms with E-state index in [4.69, 9.17) is 11.1 Å². The molecular weight excluding hydrogens is 112 g/mol. The topological polar surface area (TPSA) is 0 Å². The Labute approximate surface area is 45.2 Å². The zero-order valence-corrected chi connectivity index (χ0v) is 6.05. The van der Waals surface area contributed by atoms with Crippen molar-refractivity contribution >= 4 is 18.5 Å². The van der Waals surface area contributed by atoms with Crippen LogP contribution in [0.5, 0.6) is 0 Å². The molecule has 0 aliphatic carbocycles. The van der Waals surface area contributed by atoms with E-state index in [1.54, 1.807) is 0 Å². The number of hydrogen-bond acceptors (Lipinski definition) is 0. The van der Waals surface area contributed by atoms with Crippen molar-refractivity contribution in [2.75, 3.05) is 0 Å². The fourth-order valence-electron chi connectivity index (χ4n) is 0. The third kappa shape index (κ3) is 4.51. The van der Waals surface area contributed by atoms with Crippen LogP contribution in [0, 0.1) is 6.92 Å². The average Bonchev–Trinajstić information content (AvgIpc) is 1.35. The highest BCUT2D eigenvalue weighted by molar-refractivity contribution is 7.19. The van der Waals surface area contributed by atoms with Gasteiger partial charge >= 0.3 is 0 Å². The zero-order valence-electron chi connectivity index (χ0n) is 4.29. The summed E-state index contributed by atoms with van der Waals surface area (Å²) in [5.74, 6) is 0. The van der Waals surface area contributed by atoms with Crippen LogP contribution in [0.1, 0.15) is 0 Å². The molecule has 0 saturated carbocycles. The van der Waals surface area contributed by atoms with Crippen LogP contribution in [0.25, 0.3) is 0 Å². The van der Waals surface area contributed by atoms with E-state index in [9.17, 15) is 0 Å².